The molecule has 1 rings (SSSR count). The van der Waals surface area contributed by atoms with Crippen molar-refractivity contribution in [2.45, 2.75) is 13.0 Å². The lowest BCUT2D eigenvalue weighted by Crippen LogP contribution is -2.31. The first-order chi connectivity index (χ1) is 7.45. The second kappa shape index (κ2) is 4.99. The van der Waals surface area contributed by atoms with Crippen LogP contribution in [-0.4, -0.2) is 11.9 Å². The van der Waals surface area contributed by atoms with Crippen molar-refractivity contribution < 1.29 is 9.18 Å². The molecule has 0 fully saturated rings. The van der Waals surface area contributed by atoms with Crippen molar-refractivity contribution in [1.29, 1.82) is 0 Å². The van der Waals surface area contributed by atoms with Gasteiger partial charge in [0.15, 0.2) is 0 Å². The van der Waals surface area contributed by atoms with Gasteiger partial charge in [0.25, 0.3) is 5.91 Å². The van der Waals surface area contributed by atoms with E-state index in [-0.39, 0.29) is 11.3 Å². The number of nitrogen functional groups attached to an aromatic ring is 1. The number of hydrogen-bond acceptors (Lipinski definition) is 2. The van der Waals surface area contributed by atoms with E-state index in [1.807, 2.05) is 0 Å². The summed E-state index contributed by atoms with van der Waals surface area (Å²) in [6.07, 6.45) is 5.13. The number of nitrogens with one attached hydrogen (secondary N) is 1. The molecular weight excluding hydrogens is 275 g/mol. The molecule has 0 spiro atoms. The second-order valence-electron chi connectivity index (χ2n) is 3.22. The van der Waals surface area contributed by atoms with Gasteiger partial charge in [-0.1, -0.05) is 5.92 Å². The van der Waals surface area contributed by atoms with E-state index in [2.05, 4.69) is 27.2 Å². The topological polar surface area (TPSA) is 55.1 Å². The molecule has 0 aliphatic heterocycles. The van der Waals surface area contributed by atoms with Gasteiger partial charge in [0.2, 0.25) is 0 Å². The standard InChI is InChI=1S/C11H10BrFN2O/c1-3-6(2)15-11(16)7-4-10(14)9(13)5-8(7)12/h1,4-6H,14H2,2H3,(H,15,16). The first kappa shape index (κ1) is 12.5. The molecule has 1 atom stereocenters. The monoisotopic (exact) mass is 284 g/mol. The maximum atomic E-state index is 13.0. The van der Waals surface area contributed by atoms with Crippen LogP contribution < -0.4 is 11.1 Å². The van der Waals surface area contributed by atoms with E-state index in [0.29, 0.717) is 4.47 Å². The third-order valence-electron chi connectivity index (χ3n) is 1.93. The molecule has 84 valence electrons. The Morgan fingerprint density at radius 3 is 2.88 bits per heavy atom. The van der Waals surface area contributed by atoms with Crippen LogP contribution in [0.3, 0.4) is 0 Å². The molecular formula is C11H10BrFN2O. The smallest absolute Gasteiger partial charge is 0.253 e. The van der Waals surface area contributed by atoms with Gasteiger partial charge in [0.05, 0.1) is 17.3 Å². The van der Waals surface area contributed by atoms with Crippen LogP contribution in [0, 0.1) is 18.2 Å². The summed E-state index contributed by atoms with van der Waals surface area (Å²) in [4.78, 5) is 11.7. The van der Waals surface area contributed by atoms with Crippen LogP contribution in [0.25, 0.3) is 0 Å². The quantitative estimate of drug-likeness (QED) is 0.644. The van der Waals surface area contributed by atoms with Crippen LogP contribution in [0.4, 0.5) is 10.1 Å². The van der Waals surface area contributed by atoms with Gasteiger partial charge in [0, 0.05) is 4.47 Å². The fourth-order valence-electron chi connectivity index (χ4n) is 1.06. The van der Waals surface area contributed by atoms with Gasteiger partial charge >= 0.3 is 0 Å². The summed E-state index contributed by atoms with van der Waals surface area (Å²) in [6.45, 7) is 1.67. The van der Waals surface area contributed by atoms with E-state index in [1.165, 1.54) is 6.07 Å². The summed E-state index contributed by atoms with van der Waals surface area (Å²) < 4.78 is 13.4. The molecule has 5 heteroatoms. The number of carbonyl (C=O) groups is 1. The molecule has 16 heavy (non-hydrogen) atoms. The third kappa shape index (κ3) is 2.74. The number of anilines is 1. The Kier molecular flexibility index (Phi) is 3.91. The molecule has 0 saturated heterocycles. The molecule has 1 unspecified atom stereocenters. The highest BCUT2D eigenvalue weighted by molar-refractivity contribution is 9.10. The Hall–Kier alpha value is -1.54. The number of hydrogen-bond donors (Lipinski definition) is 2. The van der Waals surface area contributed by atoms with Gasteiger partial charge in [-0.2, -0.15) is 0 Å². The fourth-order valence-corrected chi connectivity index (χ4v) is 1.55. The van der Waals surface area contributed by atoms with E-state index in [4.69, 9.17) is 12.2 Å². The van der Waals surface area contributed by atoms with Crippen molar-refractivity contribution in [2.75, 3.05) is 5.73 Å². The van der Waals surface area contributed by atoms with Gasteiger partial charge < -0.3 is 11.1 Å². The number of terminal acetylenes is 1. The zero-order valence-corrected chi connectivity index (χ0v) is 10.1. The lowest BCUT2D eigenvalue weighted by molar-refractivity contribution is 0.0947. The molecule has 0 aliphatic carbocycles. The molecule has 0 radical (unpaired) electrons. The molecule has 0 saturated carbocycles. The van der Waals surface area contributed by atoms with Crippen molar-refractivity contribution in [3.63, 3.8) is 0 Å². The van der Waals surface area contributed by atoms with Gasteiger partial charge in [-0.3, -0.25) is 4.79 Å². The average Bonchev–Trinajstić information content (AvgIpc) is 2.23. The predicted molar refractivity (Wildman–Crippen MR) is 64.3 cm³/mol. The lowest BCUT2D eigenvalue weighted by Gasteiger charge is -2.10. The first-order valence-electron chi connectivity index (χ1n) is 4.47. The van der Waals surface area contributed by atoms with E-state index in [9.17, 15) is 9.18 Å². The van der Waals surface area contributed by atoms with Crippen LogP contribution in [0.15, 0.2) is 16.6 Å². The van der Waals surface area contributed by atoms with Gasteiger partial charge in [-0.25, -0.2) is 4.39 Å². The van der Waals surface area contributed by atoms with Gasteiger partial charge in [-0.15, -0.1) is 6.42 Å². The Morgan fingerprint density at radius 2 is 2.31 bits per heavy atom. The highest BCUT2D eigenvalue weighted by Gasteiger charge is 2.14. The molecule has 0 aromatic heterocycles. The molecule has 1 aromatic rings. The summed E-state index contributed by atoms with van der Waals surface area (Å²) in [5.74, 6) is 1.38. The number of rotatable bonds is 2. The molecule has 3 nitrogen and oxygen atoms in total. The minimum absolute atomic E-state index is 0.0817. The van der Waals surface area contributed by atoms with Gasteiger partial charge in [-0.05, 0) is 35.0 Å². The number of amides is 1. The normalized spacial score (nSPS) is 11.6. The minimum Gasteiger partial charge on any atom is -0.396 e. The highest BCUT2D eigenvalue weighted by atomic mass is 79.9. The van der Waals surface area contributed by atoms with Crippen LogP contribution in [-0.2, 0) is 0 Å². The molecule has 0 heterocycles. The van der Waals surface area contributed by atoms with Crippen molar-refractivity contribution in [1.82, 2.24) is 5.32 Å². The third-order valence-corrected chi connectivity index (χ3v) is 2.58. The maximum Gasteiger partial charge on any atom is 0.253 e. The van der Waals surface area contributed by atoms with Gasteiger partial charge in [0.1, 0.15) is 5.82 Å². The van der Waals surface area contributed by atoms with Crippen LogP contribution in [0.5, 0.6) is 0 Å². The molecule has 1 aromatic carbocycles. The number of nitrogens with two attached hydrogens (primary N) is 1. The summed E-state index contributed by atoms with van der Waals surface area (Å²) in [5, 5.41) is 2.55. The highest BCUT2D eigenvalue weighted by Crippen LogP contribution is 2.22. The Morgan fingerprint density at radius 1 is 1.69 bits per heavy atom. The molecule has 1 amide bonds. The fraction of sp³-hybridized carbons (Fsp3) is 0.182. The zero-order valence-electron chi connectivity index (χ0n) is 8.55. The Balaban J connectivity index is 3.01. The van der Waals surface area contributed by atoms with Crippen LogP contribution >= 0.6 is 15.9 Å². The predicted octanol–water partition coefficient (Wildman–Crippen LogP) is 1.92. The zero-order chi connectivity index (χ0) is 12.3. The Bertz CT molecular complexity index is 468. The van der Waals surface area contributed by atoms with Crippen molar-refractivity contribution in [3.8, 4) is 12.3 Å². The first-order valence-corrected chi connectivity index (χ1v) is 5.26. The second-order valence-corrected chi connectivity index (χ2v) is 4.07. The largest absolute Gasteiger partial charge is 0.396 e. The summed E-state index contributed by atoms with van der Waals surface area (Å²) in [6, 6.07) is 2.01. The van der Waals surface area contributed by atoms with Crippen molar-refractivity contribution in [3.05, 3.63) is 28.0 Å². The van der Waals surface area contributed by atoms with Crippen LogP contribution in [0.1, 0.15) is 17.3 Å². The number of halogens is 2. The minimum atomic E-state index is -0.576. The van der Waals surface area contributed by atoms with Crippen LogP contribution in [0.2, 0.25) is 0 Å². The Labute approximate surface area is 101 Å². The SMILES string of the molecule is C#CC(C)NC(=O)c1cc(N)c(F)cc1Br. The van der Waals surface area contributed by atoms with E-state index in [1.54, 1.807) is 6.92 Å². The van der Waals surface area contributed by atoms with Crippen molar-refractivity contribution >= 4 is 27.5 Å². The summed E-state index contributed by atoms with van der Waals surface area (Å²) >= 11 is 3.09. The van der Waals surface area contributed by atoms with E-state index < -0.39 is 17.8 Å². The maximum absolute atomic E-state index is 13.0. The lowest BCUT2D eigenvalue weighted by atomic mass is 10.1. The summed E-state index contributed by atoms with van der Waals surface area (Å²) in [5.41, 5.74) is 5.54. The molecule has 0 aliphatic rings. The molecule has 3 N–H and O–H groups in total. The van der Waals surface area contributed by atoms with E-state index in [0.717, 1.165) is 6.07 Å². The molecule has 0 bridgehead atoms. The number of benzene rings is 1. The number of carbonyl (C=O) groups excluding carboxylic acids is 1. The van der Waals surface area contributed by atoms with Crippen molar-refractivity contribution in [2.24, 2.45) is 0 Å². The van der Waals surface area contributed by atoms with E-state index >= 15 is 0 Å². The summed E-state index contributed by atoms with van der Waals surface area (Å²) in [7, 11) is 0. The average molecular weight is 285 g/mol.